The van der Waals surface area contributed by atoms with Crippen molar-refractivity contribution in [3.63, 3.8) is 0 Å². The number of nitrogens with zero attached hydrogens (tertiary/aromatic N) is 2. The Morgan fingerprint density at radius 2 is 1.89 bits per heavy atom. The monoisotopic (exact) mass is 248 g/mol. The van der Waals surface area contributed by atoms with Crippen LogP contribution in [0.3, 0.4) is 0 Å². The van der Waals surface area contributed by atoms with E-state index in [0.29, 0.717) is 6.54 Å². The molecule has 1 aromatic rings. The van der Waals surface area contributed by atoms with Gasteiger partial charge in [-0.25, -0.2) is 0 Å². The van der Waals surface area contributed by atoms with Crippen LogP contribution >= 0.6 is 0 Å². The maximum absolute atomic E-state index is 5.56. The van der Waals surface area contributed by atoms with Crippen molar-refractivity contribution >= 4 is 0 Å². The second kappa shape index (κ2) is 7.46. The Bertz CT molecular complexity index is 347. The molecule has 0 aromatic carbocycles. The average Bonchev–Trinajstić information content (AvgIpc) is 2.41. The highest BCUT2D eigenvalue weighted by Crippen LogP contribution is 2.04. The minimum Gasteiger partial charge on any atom is -0.330 e. The van der Waals surface area contributed by atoms with Crippen molar-refractivity contribution in [2.75, 3.05) is 39.3 Å². The number of aromatic nitrogens is 1. The molecule has 0 amide bonds. The molecule has 2 rings (SSSR count). The van der Waals surface area contributed by atoms with Crippen molar-refractivity contribution in [3.05, 3.63) is 29.6 Å². The highest BCUT2D eigenvalue weighted by molar-refractivity contribution is 5.11. The standard InChI is InChI=1S/C14H24N4/c15-7-6-14-4-1-3-13(17-14)5-2-10-18-11-8-16-9-12-18/h1,3-4,16H,2,5-12,15H2. The summed E-state index contributed by atoms with van der Waals surface area (Å²) >= 11 is 0. The van der Waals surface area contributed by atoms with E-state index in [1.807, 2.05) is 0 Å². The fourth-order valence-corrected chi connectivity index (χ4v) is 2.37. The van der Waals surface area contributed by atoms with Crippen LogP contribution in [-0.4, -0.2) is 49.2 Å². The molecule has 0 aliphatic carbocycles. The Kier molecular flexibility index (Phi) is 5.58. The zero-order chi connectivity index (χ0) is 12.6. The highest BCUT2D eigenvalue weighted by atomic mass is 15.2. The minimum atomic E-state index is 0.678. The van der Waals surface area contributed by atoms with E-state index in [-0.39, 0.29) is 0 Å². The molecule has 0 radical (unpaired) electrons. The molecule has 2 heterocycles. The van der Waals surface area contributed by atoms with Gasteiger partial charge in [-0.15, -0.1) is 0 Å². The van der Waals surface area contributed by atoms with Crippen molar-refractivity contribution < 1.29 is 0 Å². The zero-order valence-corrected chi connectivity index (χ0v) is 11.1. The quantitative estimate of drug-likeness (QED) is 0.766. The van der Waals surface area contributed by atoms with Gasteiger partial charge < -0.3 is 16.0 Å². The summed E-state index contributed by atoms with van der Waals surface area (Å²) in [5.41, 5.74) is 7.88. The minimum absolute atomic E-state index is 0.678. The molecule has 1 aliphatic heterocycles. The molecule has 1 aromatic heterocycles. The molecular weight excluding hydrogens is 224 g/mol. The highest BCUT2D eigenvalue weighted by Gasteiger charge is 2.08. The maximum Gasteiger partial charge on any atom is 0.0419 e. The van der Waals surface area contributed by atoms with E-state index in [9.17, 15) is 0 Å². The smallest absolute Gasteiger partial charge is 0.0419 e. The average molecular weight is 248 g/mol. The van der Waals surface area contributed by atoms with Gasteiger partial charge in [0, 0.05) is 44.0 Å². The predicted molar refractivity (Wildman–Crippen MR) is 74.6 cm³/mol. The van der Waals surface area contributed by atoms with Crippen LogP contribution in [0.2, 0.25) is 0 Å². The van der Waals surface area contributed by atoms with E-state index >= 15 is 0 Å². The zero-order valence-electron chi connectivity index (χ0n) is 11.1. The Morgan fingerprint density at radius 3 is 2.61 bits per heavy atom. The molecule has 0 spiro atoms. The molecule has 0 bridgehead atoms. The van der Waals surface area contributed by atoms with Crippen LogP contribution in [0.25, 0.3) is 0 Å². The number of hydrogen-bond acceptors (Lipinski definition) is 4. The van der Waals surface area contributed by atoms with Crippen LogP contribution in [0.5, 0.6) is 0 Å². The molecule has 1 fully saturated rings. The summed E-state index contributed by atoms with van der Waals surface area (Å²) < 4.78 is 0. The van der Waals surface area contributed by atoms with Crippen molar-refractivity contribution in [2.24, 2.45) is 5.73 Å². The molecule has 100 valence electrons. The molecule has 1 aliphatic rings. The molecule has 4 nitrogen and oxygen atoms in total. The van der Waals surface area contributed by atoms with Gasteiger partial charge in [-0.3, -0.25) is 4.98 Å². The lowest BCUT2D eigenvalue weighted by Gasteiger charge is -2.26. The fourth-order valence-electron chi connectivity index (χ4n) is 2.37. The first-order valence-electron chi connectivity index (χ1n) is 6.96. The molecule has 0 saturated carbocycles. The van der Waals surface area contributed by atoms with E-state index in [1.54, 1.807) is 0 Å². The van der Waals surface area contributed by atoms with E-state index in [0.717, 1.165) is 31.6 Å². The van der Waals surface area contributed by atoms with Gasteiger partial charge in [-0.05, 0) is 38.1 Å². The third-order valence-electron chi connectivity index (χ3n) is 3.38. The number of rotatable bonds is 6. The lowest BCUT2D eigenvalue weighted by Crippen LogP contribution is -2.43. The number of pyridine rings is 1. The van der Waals surface area contributed by atoms with Gasteiger partial charge in [0.25, 0.3) is 0 Å². The second-order valence-corrected chi connectivity index (χ2v) is 4.85. The number of nitrogens with one attached hydrogen (secondary N) is 1. The first kappa shape index (κ1) is 13.5. The van der Waals surface area contributed by atoms with Crippen molar-refractivity contribution in [1.82, 2.24) is 15.2 Å². The Hall–Kier alpha value is -0.970. The Balaban J connectivity index is 1.73. The van der Waals surface area contributed by atoms with E-state index in [4.69, 9.17) is 5.73 Å². The number of piperazine rings is 1. The van der Waals surface area contributed by atoms with Gasteiger partial charge in [-0.2, -0.15) is 0 Å². The molecule has 3 N–H and O–H groups in total. The molecule has 0 atom stereocenters. The van der Waals surface area contributed by atoms with Gasteiger partial charge in [-0.1, -0.05) is 6.07 Å². The lowest BCUT2D eigenvalue weighted by molar-refractivity contribution is 0.238. The van der Waals surface area contributed by atoms with Crippen LogP contribution in [0, 0.1) is 0 Å². The first-order chi connectivity index (χ1) is 8.88. The maximum atomic E-state index is 5.56. The van der Waals surface area contributed by atoms with Crippen LogP contribution in [-0.2, 0) is 12.8 Å². The van der Waals surface area contributed by atoms with Crippen LogP contribution in [0.4, 0.5) is 0 Å². The van der Waals surface area contributed by atoms with Crippen LogP contribution in [0.15, 0.2) is 18.2 Å². The molecule has 18 heavy (non-hydrogen) atoms. The third-order valence-corrected chi connectivity index (χ3v) is 3.38. The lowest BCUT2D eigenvalue weighted by atomic mass is 10.2. The van der Waals surface area contributed by atoms with Gasteiger partial charge in [0.05, 0.1) is 0 Å². The summed E-state index contributed by atoms with van der Waals surface area (Å²) in [5, 5.41) is 3.38. The normalized spacial score (nSPS) is 16.9. The van der Waals surface area contributed by atoms with Gasteiger partial charge in [0.1, 0.15) is 0 Å². The Labute approximate surface area is 110 Å². The summed E-state index contributed by atoms with van der Waals surface area (Å²) in [4.78, 5) is 7.16. The van der Waals surface area contributed by atoms with Gasteiger partial charge >= 0.3 is 0 Å². The topological polar surface area (TPSA) is 54.2 Å². The number of aryl methyl sites for hydroxylation is 1. The summed E-state index contributed by atoms with van der Waals surface area (Å²) in [6.45, 7) is 6.48. The summed E-state index contributed by atoms with van der Waals surface area (Å²) in [5.74, 6) is 0. The van der Waals surface area contributed by atoms with Crippen LogP contribution in [0.1, 0.15) is 17.8 Å². The molecule has 1 saturated heterocycles. The van der Waals surface area contributed by atoms with Crippen molar-refractivity contribution in [2.45, 2.75) is 19.3 Å². The van der Waals surface area contributed by atoms with E-state index in [2.05, 4.69) is 33.4 Å². The predicted octanol–water partition coefficient (Wildman–Crippen LogP) is 0.421. The first-order valence-corrected chi connectivity index (χ1v) is 6.96. The SMILES string of the molecule is NCCc1cccc(CCCN2CCNCC2)n1. The number of nitrogens with two attached hydrogens (primary N) is 1. The Morgan fingerprint density at radius 1 is 1.17 bits per heavy atom. The van der Waals surface area contributed by atoms with Crippen LogP contribution < -0.4 is 11.1 Å². The fraction of sp³-hybridized carbons (Fsp3) is 0.643. The summed E-state index contributed by atoms with van der Waals surface area (Å²) in [6.07, 6.45) is 3.15. The van der Waals surface area contributed by atoms with Gasteiger partial charge in [0.15, 0.2) is 0 Å². The molecule has 0 unspecified atom stereocenters. The van der Waals surface area contributed by atoms with Crippen molar-refractivity contribution in [1.29, 1.82) is 0 Å². The molecule has 4 heteroatoms. The largest absolute Gasteiger partial charge is 0.330 e. The molecular formula is C14H24N4. The third kappa shape index (κ3) is 4.37. The second-order valence-electron chi connectivity index (χ2n) is 4.85. The van der Waals surface area contributed by atoms with Crippen molar-refractivity contribution in [3.8, 4) is 0 Å². The summed E-state index contributed by atoms with van der Waals surface area (Å²) in [6, 6.07) is 6.28. The van der Waals surface area contributed by atoms with E-state index < -0.39 is 0 Å². The van der Waals surface area contributed by atoms with Gasteiger partial charge in [0.2, 0.25) is 0 Å². The summed E-state index contributed by atoms with van der Waals surface area (Å²) in [7, 11) is 0. The number of hydrogen-bond donors (Lipinski definition) is 2. The van der Waals surface area contributed by atoms with E-state index in [1.165, 1.54) is 31.7 Å².